The van der Waals surface area contributed by atoms with Crippen molar-refractivity contribution in [2.75, 3.05) is 28.6 Å². The Balaban J connectivity index is 1.86. The summed E-state index contributed by atoms with van der Waals surface area (Å²) in [6.07, 6.45) is 1.54. The standard InChI is InChI=1S/C15H13ClN4O2/c16-10-3-5-11(6-4-10)19-8-9-20(15(22)14(19)21)13-12(17)2-1-7-18-13/h1-7H,8-9,17H2. The number of carbonyl (C=O) groups is 2. The maximum atomic E-state index is 12.3. The number of rotatable bonds is 2. The first-order valence-corrected chi connectivity index (χ1v) is 7.05. The zero-order chi connectivity index (χ0) is 15.7. The first-order valence-electron chi connectivity index (χ1n) is 6.67. The zero-order valence-corrected chi connectivity index (χ0v) is 12.3. The molecule has 0 atom stereocenters. The second-order valence-corrected chi connectivity index (χ2v) is 5.24. The Morgan fingerprint density at radius 3 is 2.32 bits per heavy atom. The number of anilines is 3. The van der Waals surface area contributed by atoms with E-state index in [1.54, 1.807) is 36.4 Å². The Morgan fingerprint density at radius 1 is 1.00 bits per heavy atom. The Labute approximate surface area is 132 Å². The molecule has 2 amide bonds. The number of amides is 2. The van der Waals surface area contributed by atoms with Crippen molar-refractivity contribution in [3.05, 3.63) is 47.6 Å². The Kier molecular flexibility index (Phi) is 3.68. The predicted molar refractivity (Wildman–Crippen MR) is 84.8 cm³/mol. The summed E-state index contributed by atoms with van der Waals surface area (Å²) in [6.45, 7) is 0.691. The maximum Gasteiger partial charge on any atom is 0.318 e. The number of hydrogen-bond acceptors (Lipinski definition) is 4. The van der Waals surface area contributed by atoms with Crippen molar-refractivity contribution in [2.45, 2.75) is 0 Å². The van der Waals surface area contributed by atoms with Crippen LogP contribution in [0.3, 0.4) is 0 Å². The van der Waals surface area contributed by atoms with Crippen molar-refractivity contribution >= 4 is 40.6 Å². The number of piperazine rings is 1. The average molecular weight is 317 g/mol. The molecular weight excluding hydrogens is 304 g/mol. The third-order valence-electron chi connectivity index (χ3n) is 3.43. The van der Waals surface area contributed by atoms with Crippen molar-refractivity contribution in [3.8, 4) is 0 Å². The lowest BCUT2D eigenvalue weighted by Gasteiger charge is -2.33. The fourth-order valence-corrected chi connectivity index (χ4v) is 2.46. The molecule has 3 rings (SSSR count). The molecule has 2 N–H and O–H groups in total. The highest BCUT2D eigenvalue weighted by atomic mass is 35.5. The lowest BCUT2D eigenvalue weighted by atomic mass is 10.2. The number of nitrogens with two attached hydrogens (primary N) is 1. The highest BCUT2D eigenvalue weighted by Crippen LogP contribution is 2.25. The SMILES string of the molecule is Nc1cccnc1N1CCN(c2ccc(Cl)cc2)C(=O)C1=O. The molecule has 22 heavy (non-hydrogen) atoms. The van der Waals surface area contributed by atoms with Gasteiger partial charge in [0.2, 0.25) is 0 Å². The van der Waals surface area contributed by atoms with Crippen LogP contribution in [-0.2, 0) is 9.59 Å². The number of nitrogens with zero attached hydrogens (tertiary/aromatic N) is 3. The highest BCUT2D eigenvalue weighted by Gasteiger charge is 2.35. The average Bonchev–Trinajstić information content (AvgIpc) is 2.52. The van der Waals surface area contributed by atoms with Gasteiger partial charge in [0.15, 0.2) is 5.82 Å². The monoisotopic (exact) mass is 316 g/mol. The van der Waals surface area contributed by atoms with E-state index in [9.17, 15) is 9.59 Å². The minimum absolute atomic E-state index is 0.316. The van der Waals surface area contributed by atoms with E-state index in [1.165, 1.54) is 16.0 Å². The minimum Gasteiger partial charge on any atom is -0.396 e. The number of hydrogen-bond donors (Lipinski definition) is 1. The molecule has 2 heterocycles. The van der Waals surface area contributed by atoms with Crippen LogP contribution in [0.25, 0.3) is 0 Å². The molecule has 6 nitrogen and oxygen atoms in total. The molecule has 7 heteroatoms. The van der Waals surface area contributed by atoms with Gasteiger partial charge in [-0.2, -0.15) is 0 Å². The molecule has 2 aromatic rings. The molecule has 0 radical (unpaired) electrons. The second kappa shape index (κ2) is 5.65. The van der Waals surface area contributed by atoms with Crippen LogP contribution < -0.4 is 15.5 Å². The largest absolute Gasteiger partial charge is 0.396 e. The molecule has 0 unspecified atom stereocenters. The van der Waals surface area contributed by atoms with E-state index in [0.717, 1.165) is 0 Å². The fraction of sp³-hybridized carbons (Fsp3) is 0.133. The Morgan fingerprint density at radius 2 is 1.64 bits per heavy atom. The first kappa shape index (κ1) is 14.3. The van der Waals surface area contributed by atoms with E-state index in [2.05, 4.69) is 4.98 Å². The molecular formula is C15H13ClN4O2. The normalized spacial score (nSPS) is 15.3. The predicted octanol–water partition coefficient (Wildman–Crippen LogP) is 1.70. The van der Waals surface area contributed by atoms with Gasteiger partial charge >= 0.3 is 11.8 Å². The molecule has 0 saturated carbocycles. The molecule has 0 bridgehead atoms. The van der Waals surface area contributed by atoms with E-state index < -0.39 is 11.8 Å². The number of benzene rings is 1. The molecule has 1 aliphatic heterocycles. The molecule has 0 spiro atoms. The smallest absolute Gasteiger partial charge is 0.318 e. The summed E-state index contributed by atoms with van der Waals surface area (Å²) in [5.41, 5.74) is 6.83. The van der Waals surface area contributed by atoms with Gasteiger partial charge in [-0.05, 0) is 36.4 Å². The third kappa shape index (κ3) is 2.48. The molecule has 1 aliphatic rings. The van der Waals surface area contributed by atoms with Crippen molar-refractivity contribution in [3.63, 3.8) is 0 Å². The van der Waals surface area contributed by atoms with Crippen molar-refractivity contribution in [1.29, 1.82) is 0 Å². The number of halogens is 1. The molecule has 112 valence electrons. The molecule has 1 aromatic heterocycles. The van der Waals surface area contributed by atoms with Crippen LogP contribution in [0, 0.1) is 0 Å². The molecule has 1 aromatic carbocycles. The third-order valence-corrected chi connectivity index (χ3v) is 3.68. The lowest BCUT2D eigenvalue weighted by Crippen LogP contribution is -2.55. The number of nitrogen functional groups attached to an aromatic ring is 1. The van der Waals surface area contributed by atoms with Crippen LogP contribution in [-0.4, -0.2) is 29.9 Å². The number of pyridine rings is 1. The van der Waals surface area contributed by atoms with Gasteiger partial charge in [-0.15, -0.1) is 0 Å². The number of carbonyl (C=O) groups excluding carboxylic acids is 2. The van der Waals surface area contributed by atoms with E-state index in [0.29, 0.717) is 35.3 Å². The quantitative estimate of drug-likeness (QED) is 0.855. The summed E-state index contributed by atoms with van der Waals surface area (Å²) in [7, 11) is 0. The van der Waals surface area contributed by atoms with E-state index in [-0.39, 0.29) is 0 Å². The molecule has 1 saturated heterocycles. The van der Waals surface area contributed by atoms with Crippen LogP contribution in [0.1, 0.15) is 0 Å². The Bertz CT molecular complexity index is 733. The van der Waals surface area contributed by atoms with Gasteiger partial charge in [-0.1, -0.05) is 11.6 Å². The van der Waals surface area contributed by atoms with Crippen LogP contribution in [0.5, 0.6) is 0 Å². The highest BCUT2D eigenvalue weighted by molar-refractivity contribution is 6.45. The topological polar surface area (TPSA) is 79.5 Å². The van der Waals surface area contributed by atoms with E-state index >= 15 is 0 Å². The fourth-order valence-electron chi connectivity index (χ4n) is 2.34. The van der Waals surface area contributed by atoms with Crippen LogP contribution >= 0.6 is 11.6 Å². The molecule has 0 aliphatic carbocycles. The summed E-state index contributed by atoms with van der Waals surface area (Å²) in [5.74, 6) is -0.943. The summed E-state index contributed by atoms with van der Waals surface area (Å²) in [5, 5.41) is 0.572. The lowest BCUT2D eigenvalue weighted by molar-refractivity contribution is -0.136. The van der Waals surface area contributed by atoms with Crippen molar-refractivity contribution in [1.82, 2.24) is 4.98 Å². The van der Waals surface area contributed by atoms with Gasteiger partial charge in [0.25, 0.3) is 0 Å². The van der Waals surface area contributed by atoms with Gasteiger partial charge in [0, 0.05) is 30.0 Å². The van der Waals surface area contributed by atoms with Gasteiger partial charge in [-0.25, -0.2) is 4.98 Å². The van der Waals surface area contributed by atoms with Crippen molar-refractivity contribution in [2.24, 2.45) is 0 Å². The van der Waals surface area contributed by atoms with Crippen LogP contribution in [0.4, 0.5) is 17.2 Å². The van der Waals surface area contributed by atoms with Crippen LogP contribution in [0.15, 0.2) is 42.6 Å². The maximum absolute atomic E-state index is 12.3. The van der Waals surface area contributed by atoms with Gasteiger partial charge in [-0.3, -0.25) is 14.5 Å². The summed E-state index contributed by atoms with van der Waals surface area (Å²) in [6, 6.07) is 10.1. The second-order valence-electron chi connectivity index (χ2n) is 4.81. The number of aromatic nitrogens is 1. The summed E-state index contributed by atoms with van der Waals surface area (Å²) >= 11 is 5.84. The van der Waals surface area contributed by atoms with Crippen molar-refractivity contribution < 1.29 is 9.59 Å². The molecule has 1 fully saturated rings. The minimum atomic E-state index is -0.647. The van der Waals surface area contributed by atoms with Gasteiger partial charge in [0.05, 0.1) is 5.69 Å². The summed E-state index contributed by atoms with van der Waals surface area (Å²) < 4.78 is 0. The van der Waals surface area contributed by atoms with Gasteiger partial charge in [0.1, 0.15) is 0 Å². The zero-order valence-electron chi connectivity index (χ0n) is 11.6. The van der Waals surface area contributed by atoms with Crippen LogP contribution in [0.2, 0.25) is 5.02 Å². The van der Waals surface area contributed by atoms with E-state index in [4.69, 9.17) is 17.3 Å². The van der Waals surface area contributed by atoms with Gasteiger partial charge < -0.3 is 10.6 Å². The Hall–Kier alpha value is -2.60. The first-order chi connectivity index (χ1) is 10.6. The van der Waals surface area contributed by atoms with E-state index in [1.807, 2.05) is 0 Å². The summed E-state index contributed by atoms with van der Waals surface area (Å²) in [4.78, 5) is 31.5.